The Labute approximate surface area is 259 Å². The van der Waals surface area contributed by atoms with Crippen molar-refractivity contribution in [2.24, 2.45) is 11.5 Å². The number of ether oxygens (including phenoxy) is 4. The summed E-state index contributed by atoms with van der Waals surface area (Å²) in [6, 6.07) is -1.31. The number of unbranched alkanes of at least 4 members (excludes halogenated alkanes) is 13. The molecule has 0 aliphatic carbocycles. The van der Waals surface area contributed by atoms with Gasteiger partial charge in [-0.2, -0.15) is 0 Å². The third kappa shape index (κ3) is 22.6. The highest BCUT2D eigenvalue weighted by Crippen LogP contribution is 2.19. The van der Waals surface area contributed by atoms with Gasteiger partial charge in [-0.05, 0) is 40.5 Å². The fraction of sp³-hybridized carbons (Fsp3) is 0.867. The standard InChI is InChI=1S/C23H45NO5.C7H13NO4.ClH/c1-3-28-21(26)23(24,22(27)29-4-2)19-17-15-13-11-9-7-5-6-8-10-12-14-16-18-20-25;1-3-11-6(9)5(8)7(10)12-4-2;/h25H,3-20,24H2,1-2H3;5H,3-4,8H2,1-2H3;1H. The number of hydrogen-bond donors (Lipinski definition) is 3. The van der Waals surface area contributed by atoms with Crippen molar-refractivity contribution in [1.82, 2.24) is 0 Å². The largest absolute Gasteiger partial charge is 0.464 e. The van der Waals surface area contributed by atoms with Crippen LogP contribution in [-0.2, 0) is 38.1 Å². The Balaban J connectivity index is -0.000000983. The van der Waals surface area contributed by atoms with E-state index in [1.165, 1.54) is 57.8 Å². The molecule has 0 atom stereocenters. The maximum absolute atomic E-state index is 12.1. The van der Waals surface area contributed by atoms with Gasteiger partial charge in [0.1, 0.15) is 0 Å². The Kier molecular flexibility index (Phi) is 32.3. The average Bonchev–Trinajstić information content (AvgIpc) is 2.95. The van der Waals surface area contributed by atoms with Crippen LogP contribution in [0.5, 0.6) is 0 Å². The summed E-state index contributed by atoms with van der Waals surface area (Å²) in [7, 11) is 0. The zero-order valence-corrected chi connectivity index (χ0v) is 27.3. The van der Waals surface area contributed by atoms with Crippen LogP contribution in [0.1, 0.15) is 124 Å². The van der Waals surface area contributed by atoms with Gasteiger partial charge < -0.3 is 35.5 Å². The highest BCUT2D eigenvalue weighted by atomic mass is 35.5. The van der Waals surface area contributed by atoms with Crippen LogP contribution in [0.3, 0.4) is 0 Å². The Hall–Kier alpha value is -1.95. The van der Waals surface area contributed by atoms with Gasteiger partial charge in [0.05, 0.1) is 26.4 Å². The third-order valence-corrected chi connectivity index (χ3v) is 6.34. The molecular weight excluding hydrogens is 568 g/mol. The van der Waals surface area contributed by atoms with Crippen LogP contribution in [0.2, 0.25) is 0 Å². The number of esters is 4. The van der Waals surface area contributed by atoms with E-state index in [-0.39, 0.29) is 45.3 Å². The predicted molar refractivity (Wildman–Crippen MR) is 165 cm³/mol. The van der Waals surface area contributed by atoms with Crippen molar-refractivity contribution in [3.05, 3.63) is 0 Å². The van der Waals surface area contributed by atoms with E-state index >= 15 is 0 Å². The van der Waals surface area contributed by atoms with E-state index < -0.39 is 35.5 Å². The lowest BCUT2D eigenvalue weighted by Gasteiger charge is -2.24. The van der Waals surface area contributed by atoms with Crippen molar-refractivity contribution in [2.75, 3.05) is 33.0 Å². The summed E-state index contributed by atoms with van der Waals surface area (Å²) in [5, 5.41) is 8.73. The molecule has 0 saturated carbocycles. The van der Waals surface area contributed by atoms with Crippen molar-refractivity contribution >= 4 is 36.3 Å². The quantitative estimate of drug-likeness (QED) is 0.0594. The van der Waals surface area contributed by atoms with Crippen molar-refractivity contribution < 1.29 is 43.2 Å². The van der Waals surface area contributed by atoms with E-state index in [4.69, 9.17) is 26.0 Å². The monoisotopic (exact) mass is 626 g/mol. The molecule has 0 amide bonds. The summed E-state index contributed by atoms with van der Waals surface area (Å²) in [4.78, 5) is 45.8. The molecule has 0 aromatic rings. The van der Waals surface area contributed by atoms with Gasteiger partial charge in [-0.3, -0.25) is 0 Å². The van der Waals surface area contributed by atoms with Gasteiger partial charge >= 0.3 is 23.9 Å². The minimum absolute atomic E-state index is 0. The molecule has 0 unspecified atom stereocenters. The smallest absolute Gasteiger partial charge is 0.337 e. The van der Waals surface area contributed by atoms with Crippen LogP contribution in [0.15, 0.2) is 0 Å². The number of rotatable bonds is 24. The molecular formula is C30H59ClN2O9. The molecule has 0 bridgehead atoms. The van der Waals surface area contributed by atoms with Crippen LogP contribution in [0, 0.1) is 0 Å². The van der Waals surface area contributed by atoms with Crippen LogP contribution >= 0.6 is 12.4 Å². The van der Waals surface area contributed by atoms with E-state index in [1.807, 2.05) is 0 Å². The van der Waals surface area contributed by atoms with Crippen LogP contribution < -0.4 is 11.5 Å². The summed E-state index contributed by atoms with van der Waals surface area (Å²) < 4.78 is 19.0. The molecule has 0 aliphatic heterocycles. The molecule has 0 aromatic heterocycles. The molecule has 0 radical (unpaired) electrons. The molecule has 42 heavy (non-hydrogen) atoms. The number of carbonyl (C=O) groups excluding carboxylic acids is 4. The molecule has 0 saturated heterocycles. The Bertz CT molecular complexity index is 660. The Morgan fingerprint density at radius 2 is 0.857 bits per heavy atom. The van der Waals surface area contributed by atoms with Gasteiger partial charge in [0.25, 0.3) is 0 Å². The molecule has 0 fully saturated rings. The maximum Gasteiger partial charge on any atom is 0.337 e. The van der Waals surface area contributed by atoms with Crippen LogP contribution in [-0.4, -0.2) is 73.6 Å². The van der Waals surface area contributed by atoms with Crippen molar-refractivity contribution in [3.8, 4) is 0 Å². The van der Waals surface area contributed by atoms with Gasteiger partial charge in [-0.1, -0.05) is 83.5 Å². The fourth-order valence-corrected chi connectivity index (χ4v) is 4.00. The molecule has 0 heterocycles. The molecule has 12 heteroatoms. The topological polar surface area (TPSA) is 177 Å². The second-order valence-electron chi connectivity index (χ2n) is 9.82. The van der Waals surface area contributed by atoms with E-state index in [0.717, 1.165) is 25.7 Å². The highest BCUT2D eigenvalue weighted by molar-refractivity contribution is 6.04. The molecule has 0 rings (SSSR count). The van der Waals surface area contributed by atoms with E-state index in [2.05, 4.69) is 9.47 Å². The summed E-state index contributed by atoms with van der Waals surface area (Å²) in [5.41, 5.74) is 9.56. The van der Waals surface area contributed by atoms with Crippen LogP contribution in [0.4, 0.5) is 0 Å². The van der Waals surface area contributed by atoms with E-state index in [1.54, 1.807) is 27.7 Å². The van der Waals surface area contributed by atoms with Gasteiger partial charge in [0, 0.05) is 6.61 Å². The number of nitrogens with two attached hydrogens (primary N) is 2. The zero-order valence-electron chi connectivity index (χ0n) is 26.5. The average molecular weight is 627 g/mol. The summed E-state index contributed by atoms with van der Waals surface area (Å²) in [5.74, 6) is -2.88. The number of aliphatic hydroxyl groups is 1. The first-order chi connectivity index (χ1) is 19.7. The molecule has 250 valence electrons. The van der Waals surface area contributed by atoms with Crippen molar-refractivity contribution in [2.45, 2.75) is 136 Å². The summed E-state index contributed by atoms with van der Waals surface area (Å²) in [6.07, 6.45) is 16.6. The first-order valence-corrected chi connectivity index (χ1v) is 15.5. The zero-order chi connectivity index (χ0) is 31.4. The number of carbonyl (C=O) groups is 4. The molecule has 5 N–H and O–H groups in total. The fourth-order valence-electron chi connectivity index (χ4n) is 4.00. The Morgan fingerprint density at radius 3 is 1.14 bits per heavy atom. The first-order valence-electron chi connectivity index (χ1n) is 15.5. The minimum Gasteiger partial charge on any atom is -0.464 e. The highest BCUT2D eigenvalue weighted by Gasteiger charge is 2.44. The molecule has 0 aliphatic rings. The second-order valence-corrected chi connectivity index (χ2v) is 9.82. The van der Waals surface area contributed by atoms with Gasteiger partial charge in [0.2, 0.25) is 11.6 Å². The molecule has 0 aromatic carbocycles. The number of hydrogen-bond acceptors (Lipinski definition) is 11. The van der Waals surface area contributed by atoms with Crippen molar-refractivity contribution in [3.63, 3.8) is 0 Å². The lowest BCUT2D eigenvalue weighted by molar-refractivity contribution is -0.164. The lowest BCUT2D eigenvalue weighted by atomic mass is 9.92. The maximum atomic E-state index is 12.1. The molecule has 0 spiro atoms. The lowest BCUT2D eigenvalue weighted by Crippen LogP contribution is -2.56. The third-order valence-electron chi connectivity index (χ3n) is 6.34. The summed E-state index contributed by atoms with van der Waals surface area (Å²) >= 11 is 0. The number of aliphatic hydroxyl groups excluding tert-OH is 1. The SMILES string of the molecule is CCOC(=O)C(N)(CCCCCCCCCCCCCCCCO)C(=O)OCC.CCOC(=O)C(N)C(=O)OCC.Cl. The minimum atomic E-state index is -1.68. The van der Waals surface area contributed by atoms with E-state index in [9.17, 15) is 19.2 Å². The van der Waals surface area contributed by atoms with Gasteiger partial charge in [0.15, 0.2) is 0 Å². The first kappa shape index (κ1) is 44.5. The van der Waals surface area contributed by atoms with Crippen LogP contribution in [0.25, 0.3) is 0 Å². The second kappa shape index (κ2) is 30.5. The predicted octanol–water partition coefficient (Wildman–Crippen LogP) is 4.52. The molecule has 11 nitrogen and oxygen atoms in total. The Morgan fingerprint density at radius 1 is 0.571 bits per heavy atom. The van der Waals surface area contributed by atoms with E-state index in [0.29, 0.717) is 13.0 Å². The normalized spacial score (nSPS) is 10.7. The van der Waals surface area contributed by atoms with Gasteiger partial charge in [-0.25, -0.2) is 19.2 Å². The van der Waals surface area contributed by atoms with Crippen molar-refractivity contribution in [1.29, 1.82) is 0 Å². The number of halogens is 1. The van der Waals surface area contributed by atoms with Gasteiger partial charge in [-0.15, -0.1) is 12.4 Å². The summed E-state index contributed by atoms with van der Waals surface area (Å²) in [6.45, 7) is 7.78.